The molecule has 0 aromatic heterocycles. The summed E-state index contributed by atoms with van der Waals surface area (Å²) in [6.07, 6.45) is -1.45. The lowest BCUT2D eigenvalue weighted by molar-refractivity contribution is -0.149. The molecular weight excluding hydrogens is 278 g/mol. The first-order valence-electron chi connectivity index (χ1n) is 6.71. The van der Waals surface area contributed by atoms with Gasteiger partial charge in [-0.2, -0.15) is 0 Å². The van der Waals surface area contributed by atoms with Gasteiger partial charge in [0.2, 0.25) is 0 Å². The lowest BCUT2D eigenvalue weighted by atomic mass is 10.1. The van der Waals surface area contributed by atoms with E-state index < -0.39 is 20.4 Å². The quantitative estimate of drug-likeness (QED) is 0.618. The molecule has 0 radical (unpaired) electrons. The summed E-state index contributed by atoms with van der Waals surface area (Å²) in [5.74, 6) is -0.675. The van der Waals surface area contributed by atoms with Crippen LogP contribution in [0.2, 0.25) is 18.1 Å². The molecule has 20 heavy (non-hydrogen) atoms. The fourth-order valence-electron chi connectivity index (χ4n) is 1.56. The van der Waals surface area contributed by atoms with Gasteiger partial charge in [-0.25, -0.2) is 4.79 Å². The largest absolute Gasteiger partial charge is 0.467 e. The first-order valence-corrected chi connectivity index (χ1v) is 9.62. The second-order valence-electron chi connectivity index (χ2n) is 6.49. The second kappa shape index (κ2) is 6.24. The molecule has 0 spiro atoms. The molecule has 0 bridgehead atoms. The van der Waals surface area contributed by atoms with E-state index in [2.05, 4.69) is 43.8 Å². The minimum absolute atomic E-state index is 0.0711. The average molecular weight is 303 g/mol. The molecule has 1 aliphatic heterocycles. The van der Waals surface area contributed by atoms with Gasteiger partial charge in [0, 0.05) is 6.42 Å². The number of carbonyl (C=O) groups is 1. The third-order valence-electron chi connectivity index (χ3n) is 3.90. The maximum absolute atomic E-state index is 11.3. The van der Waals surface area contributed by atoms with E-state index in [1.54, 1.807) is 0 Å². The highest BCUT2D eigenvalue weighted by atomic mass is 28.4. The summed E-state index contributed by atoms with van der Waals surface area (Å²) < 4.78 is 10.7. The van der Waals surface area contributed by atoms with Gasteiger partial charge in [-0.15, -0.1) is 0 Å². The molecule has 1 heterocycles. The molecule has 1 N–H and O–H groups in total. The SMILES string of the molecule is COC(=O)C(O)CC1=NOCC1O[Si](C)(C)C(C)(C)C. The number of methoxy groups -OCH3 is 1. The van der Waals surface area contributed by atoms with Gasteiger partial charge in [-0.3, -0.25) is 0 Å². The molecule has 2 unspecified atom stereocenters. The monoisotopic (exact) mass is 303 g/mol. The molecule has 1 aliphatic rings. The Hall–Kier alpha value is -0.923. The lowest BCUT2D eigenvalue weighted by Gasteiger charge is -2.38. The van der Waals surface area contributed by atoms with E-state index in [4.69, 9.17) is 9.26 Å². The number of carbonyl (C=O) groups excluding carboxylic acids is 1. The number of aliphatic hydroxyl groups excluding tert-OH is 1. The van der Waals surface area contributed by atoms with E-state index in [0.717, 1.165) is 0 Å². The number of nitrogens with zero attached hydrogens (tertiary/aromatic N) is 1. The standard InChI is InChI=1S/C13H25NO5Si/c1-13(2,3)20(5,6)19-11-8-18-14-9(11)7-10(15)12(16)17-4/h10-11,15H,7-8H2,1-6H3. The zero-order valence-electron chi connectivity index (χ0n) is 13.1. The second-order valence-corrected chi connectivity index (χ2v) is 11.2. The molecule has 7 heteroatoms. The first kappa shape index (κ1) is 17.1. The predicted octanol–water partition coefficient (Wildman–Crippen LogP) is 1.69. The Morgan fingerprint density at radius 2 is 2.15 bits per heavy atom. The highest BCUT2D eigenvalue weighted by Gasteiger charge is 2.42. The first-order chi connectivity index (χ1) is 9.08. The number of ether oxygens (including phenoxy) is 1. The van der Waals surface area contributed by atoms with Crippen molar-refractivity contribution in [2.24, 2.45) is 5.16 Å². The molecule has 0 saturated carbocycles. The van der Waals surface area contributed by atoms with Crippen LogP contribution in [-0.2, 0) is 18.8 Å². The Bertz CT molecular complexity index is 389. The molecule has 116 valence electrons. The zero-order chi connectivity index (χ0) is 15.6. The van der Waals surface area contributed by atoms with Crippen LogP contribution in [0.15, 0.2) is 5.16 Å². The summed E-state index contributed by atoms with van der Waals surface area (Å²) in [6.45, 7) is 11.1. The van der Waals surface area contributed by atoms with Crippen LogP contribution in [0.5, 0.6) is 0 Å². The molecular formula is C13H25NO5Si. The number of aliphatic hydroxyl groups is 1. The lowest BCUT2D eigenvalue weighted by Crippen LogP contribution is -2.46. The summed E-state index contributed by atoms with van der Waals surface area (Å²) >= 11 is 0. The van der Waals surface area contributed by atoms with Crippen LogP contribution >= 0.6 is 0 Å². The van der Waals surface area contributed by atoms with Gasteiger partial charge in [-0.1, -0.05) is 25.9 Å². The Kier molecular flexibility index (Phi) is 5.34. The number of rotatable bonds is 5. The highest BCUT2D eigenvalue weighted by Crippen LogP contribution is 2.38. The van der Waals surface area contributed by atoms with Crippen molar-refractivity contribution in [3.05, 3.63) is 0 Å². The van der Waals surface area contributed by atoms with E-state index >= 15 is 0 Å². The summed E-state index contributed by atoms with van der Waals surface area (Å²) in [7, 11) is -0.719. The number of hydrogen-bond donors (Lipinski definition) is 1. The third kappa shape index (κ3) is 4.03. The van der Waals surface area contributed by atoms with Gasteiger partial charge in [0.1, 0.15) is 12.7 Å². The van der Waals surface area contributed by atoms with E-state index in [9.17, 15) is 9.90 Å². The van der Waals surface area contributed by atoms with Gasteiger partial charge in [0.05, 0.1) is 12.8 Å². The minimum atomic E-state index is -1.96. The van der Waals surface area contributed by atoms with Crippen molar-refractivity contribution in [1.29, 1.82) is 0 Å². The molecule has 6 nitrogen and oxygen atoms in total. The van der Waals surface area contributed by atoms with Gasteiger partial charge in [0.15, 0.2) is 14.4 Å². The highest BCUT2D eigenvalue weighted by molar-refractivity contribution is 6.74. The van der Waals surface area contributed by atoms with Crippen LogP contribution < -0.4 is 0 Å². The van der Waals surface area contributed by atoms with Crippen LogP contribution in [0.4, 0.5) is 0 Å². The van der Waals surface area contributed by atoms with Crippen molar-refractivity contribution in [3.63, 3.8) is 0 Å². The maximum atomic E-state index is 11.3. The summed E-state index contributed by atoms with van der Waals surface area (Å²) in [6, 6.07) is 0. The van der Waals surface area contributed by atoms with Gasteiger partial charge < -0.3 is 19.1 Å². The average Bonchev–Trinajstić information content (AvgIpc) is 2.73. The van der Waals surface area contributed by atoms with Gasteiger partial charge >= 0.3 is 5.97 Å². The Morgan fingerprint density at radius 3 is 2.65 bits per heavy atom. The summed E-state index contributed by atoms with van der Waals surface area (Å²) in [5, 5.41) is 13.7. The number of esters is 1. The molecule has 0 fully saturated rings. The van der Waals surface area contributed by atoms with Crippen molar-refractivity contribution in [1.82, 2.24) is 0 Å². The smallest absolute Gasteiger partial charge is 0.335 e. The van der Waals surface area contributed by atoms with Crippen LogP contribution in [0.25, 0.3) is 0 Å². The fraction of sp³-hybridized carbons (Fsp3) is 0.846. The summed E-state index contributed by atoms with van der Waals surface area (Å²) in [5.41, 5.74) is 0.563. The topological polar surface area (TPSA) is 77.4 Å². The number of oxime groups is 1. The maximum Gasteiger partial charge on any atom is 0.335 e. The van der Waals surface area contributed by atoms with Gasteiger partial charge in [-0.05, 0) is 18.1 Å². The van der Waals surface area contributed by atoms with Gasteiger partial charge in [0.25, 0.3) is 0 Å². The molecule has 1 rings (SSSR count). The van der Waals surface area contributed by atoms with Crippen LogP contribution in [-0.4, -0.2) is 51.0 Å². The normalized spacial score (nSPS) is 21.1. The molecule has 0 amide bonds. The summed E-state index contributed by atoms with van der Waals surface area (Å²) in [4.78, 5) is 16.3. The van der Waals surface area contributed by atoms with Crippen LogP contribution in [0, 0.1) is 0 Å². The predicted molar refractivity (Wildman–Crippen MR) is 78.1 cm³/mol. The Balaban J connectivity index is 2.69. The van der Waals surface area contributed by atoms with E-state index in [0.29, 0.717) is 12.3 Å². The van der Waals surface area contributed by atoms with Crippen LogP contribution in [0.3, 0.4) is 0 Å². The molecule has 0 aromatic carbocycles. The molecule has 0 aromatic rings. The van der Waals surface area contributed by atoms with Crippen molar-refractivity contribution < 1.29 is 23.9 Å². The zero-order valence-corrected chi connectivity index (χ0v) is 14.1. The fourth-order valence-corrected chi connectivity index (χ4v) is 2.83. The Morgan fingerprint density at radius 1 is 1.55 bits per heavy atom. The van der Waals surface area contributed by atoms with E-state index in [1.165, 1.54) is 7.11 Å². The van der Waals surface area contributed by atoms with Crippen molar-refractivity contribution in [3.8, 4) is 0 Å². The molecule has 2 atom stereocenters. The molecule has 0 aliphatic carbocycles. The molecule has 0 saturated heterocycles. The van der Waals surface area contributed by atoms with Crippen molar-refractivity contribution >= 4 is 20.0 Å². The minimum Gasteiger partial charge on any atom is -0.467 e. The van der Waals surface area contributed by atoms with E-state index in [-0.39, 0.29) is 17.6 Å². The number of hydrogen-bond acceptors (Lipinski definition) is 6. The van der Waals surface area contributed by atoms with E-state index in [1.807, 2.05) is 0 Å². The third-order valence-corrected chi connectivity index (χ3v) is 8.38. The van der Waals surface area contributed by atoms with Crippen molar-refractivity contribution in [2.75, 3.05) is 13.7 Å². The van der Waals surface area contributed by atoms with Crippen LogP contribution in [0.1, 0.15) is 27.2 Å². The van der Waals surface area contributed by atoms with Crippen molar-refractivity contribution in [2.45, 2.75) is 57.5 Å². The Labute approximate surface area is 121 Å².